The summed E-state index contributed by atoms with van der Waals surface area (Å²) >= 11 is 5.91. The minimum Gasteiger partial charge on any atom is -0.342 e. The van der Waals surface area contributed by atoms with Gasteiger partial charge in [-0.1, -0.05) is 0 Å². The molecular weight excluding hydrogens is 296 g/mol. The Labute approximate surface area is 126 Å². The highest BCUT2D eigenvalue weighted by Crippen LogP contribution is 2.46. The number of rotatable bonds is 2. The van der Waals surface area contributed by atoms with Gasteiger partial charge in [0.2, 0.25) is 11.2 Å². The number of hydrogen-bond acceptors (Lipinski definition) is 2. The van der Waals surface area contributed by atoms with Crippen molar-refractivity contribution < 1.29 is 8.78 Å². The zero-order valence-electron chi connectivity index (χ0n) is 11.5. The quantitative estimate of drug-likeness (QED) is 0.752. The normalized spacial score (nSPS) is 25.4. The Balaban J connectivity index is 1.82. The zero-order valence-corrected chi connectivity index (χ0v) is 12.3. The first kappa shape index (κ1) is 13.4. The van der Waals surface area contributed by atoms with Crippen molar-refractivity contribution >= 4 is 22.6 Å². The van der Waals surface area contributed by atoms with Crippen LogP contribution in [0.15, 0.2) is 12.4 Å². The first-order valence-electron chi connectivity index (χ1n) is 7.44. The second kappa shape index (κ2) is 4.63. The van der Waals surface area contributed by atoms with Crippen molar-refractivity contribution in [3.8, 4) is 0 Å². The topological polar surface area (TPSA) is 30.7 Å². The first-order valence-corrected chi connectivity index (χ1v) is 7.82. The maximum atomic E-state index is 13.7. The molecule has 3 nitrogen and oxygen atoms in total. The van der Waals surface area contributed by atoms with Crippen LogP contribution in [0.3, 0.4) is 0 Å². The molecule has 4 rings (SSSR count). The molecule has 0 aromatic carbocycles. The van der Waals surface area contributed by atoms with E-state index in [2.05, 4.69) is 14.5 Å². The average Bonchev–Trinajstić information content (AvgIpc) is 3.19. The van der Waals surface area contributed by atoms with E-state index in [0.29, 0.717) is 12.5 Å². The van der Waals surface area contributed by atoms with Gasteiger partial charge >= 0.3 is 0 Å². The molecule has 0 spiro atoms. The van der Waals surface area contributed by atoms with Gasteiger partial charge in [-0.15, -0.1) is 0 Å². The number of aromatic nitrogens is 3. The summed E-state index contributed by atoms with van der Waals surface area (Å²) in [6, 6.07) is 0.468. The molecule has 1 atom stereocenters. The highest BCUT2D eigenvalue weighted by Gasteiger charge is 2.38. The van der Waals surface area contributed by atoms with Crippen LogP contribution in [0.2, 0.25) is 5.28 Å². The number of fused-ring (bicyclic) bond motifs is 1. The van der Waals surface area contributed by atoms with E-state index in [1.165, 1.54) is 0 Å². The van der Waals surface area contributed by atoms with E-state index in [1.807, 2.05) is 6.20 Å². The van der Waals surface area contributed by atoms with Crippen LogP contribution in [0.4, 0.5) is 8.78 Å². The second-order valence-electron chi connectivity index (χ2n) is 6.24. The van der Waals surface area contributed by atoms with Crippen LogP contribution in [-0.4, -0.2) is 20.5 Å². The molecule has 0 aliphatic heterocycles. The Hall–Kier alpha value is -1.23. The van der Waals surface area contributed by atoms with Crippen LogP contribution in [0, 0.1) is 0 Å². The molecule has 2 heterocycles. The van der Waals surface area contributed by atoms with Crippen molar-refractivity contribution in [3.63, 3.8) is 0 Å². The number of alkyl halides is 2. The fourth-order valence-corrected chi connectivity index (χ4v) is 3.56. The molecule has 1 unspecified atom stereocenters. The van der Waals surface area contributed by atoms with Crippen LogP contribution in [-0.2, 0) is 0 Å². The molecule has 2 aromatic rings. The number of hydrogen-bond donors (Lipinski definition) is 0. The third-order valence-electron chi connectivity index (χ3n) is 4.59. The lowest BCUT2D eigenvalue weighted by Crippen LogP contribution is -2.24. The van der Waals surface area contributed by atoms with Crippen LogP contribution >= 0.6 is 11.6 Å². The molecule has 2 fully saturated rings. The standard InChI is InChI=1S/C15H16ClF2N3/c16-14-19-7-12-13(20-14)11(8-21(12)10-3-4-10)9-2-1-5-15(17,18)6-9/h7-10H,1-6H2. The Bertz CT molecular complexity index is 694. The Kier molecular flexibility index (Phi) is 2.96. The minimum atomic E-state index is -2.56. The summed E-state index contributed by atoms with van der Waals surface area (Å²) in [7, 11) is 0. The van der Waals surface area contributed by atoms with Gasteiger partial charge in [-0.05, 0) is 48.8 Å². The van der Waals surface area contributed by atoms with Gasteiger partial charge < -0.3 is 4.57 Å². The van der Waals surface area contributed by atoms with Crippen molar-refractivity contribution in [2.45, 2.75) is 56.4 Å². The van der Waals surface area contributed by atoms with Gasteiger partial charge in [0.25, 0.3) is 0 Å². The lowest BCUT2D eigenvalue weighted by atomic mass is 9.82. The fraction of sp³-hybridized carbons (Fsp3) is 0.600. The van der Waals surface area contributed by atoms with Crippen molar-refractivity contribution in [2.75, 3.05) is 0 Å². The van der Waals surface area contributed by atoms with E-state index in [4.69, 9.17) is 11.6 Å². The lowest BCUT2D eigenvalue weighted by molar-refractivity contribution is -0.0406. The van der Waals surface area contributed by atoms with Crippen LogP contribution in [0.5, 0.6) is 0 Å². The molecule has 2 saturated carbocycles. The average molecular weight is 312 g/mol. The van der Waals surface area contributed by atoms with Gasteiger partial charge in [0, 0.05) is 25.1 Å². The van der Waals surface area contributed by atoms with Crippen LogP contribution < -0.4 is 0 Å². The molecule has 0 amide bonds. The Morgan fingerprint density at radius 1 is 1.29 bits per heavy atom. The molecule has 2 aromatic heterocycles. The van der Waals surface area contributed by atoms with E-state index in [-0.39, 0.29) is 24.0 Å². The number of nitrogens with zero attached hydrogens (tertiary/aromatic N) is 3. The van der Waals surface area contributed by atoms with Crippen molar-refractivity contribution in [1.82, 2.24) is 14.5 Å². The van der Waals surface area contributed by atoms with E-state index in [1.54, 1.807) is 6.20 Å². The van der Waals surface area contributed by atoms with Gasteiger partial charge in [0.1, 0.15) is 0 Å². The largest absolute Gasteiger partial charge is 0.342 e. The molecule has 6 heteroatoms. The Morgan fingerprint density at radius 3 is 2.81 bits per heavy atom. The highest BCUT2D eigenvalue weighted by molar-refractivity contribution is 6.28. The maximum Gasteiger partial charge on any atom is 0.248 e. The molecular formula is C15H16ClF2N3. The molecule has 2 aliphatic carbocycles. The van der Waals surface area contributed by atoms with E-state index >= 15 is 0 Å². The number of halogens is 3. The maximum absolute atomic E-state index is 13.7. The zero-order chi connectivity index (χ0) is 14.6. The van der Waals surface area contributed by atoms with E-state index < -0.39 is 5.92 Å². The summed E-state index contributed by atoms with van der Waals surface area (Å²) in [5, 5.41) is 0.180. The van der Waals surface area contributed by atoms with Crippen molar-refractivity contribution in [3.05, 3.63) is 23.2 Å². The summed E-state index contributed by atoms with van der Waals surface area (Å²) in [5.41, 5.74) is 2.59. The first-order chi connectivity index (χ1) is 10.0. The summed E-state index contributed by atoms with van der Waals surface area (Å²) in [6.45, 7) is 0. The van der Waals surface area contributed by atoms with Gasteiger partial charge in [0.15, 0.2) is 0 Å². The van der Waals surface area contributed by atoms with Gasteiger partial charge in [-0.2, -0.15) is 0 Å². The summed E-state index contributed by atoms with van der Waals surface area (Å²) < 4.78 is 29.6. The molecule has 0 saturated heterocycles. The predicted octanol–water partition coefficient (Wildman–Crippen LogP) is 4.71. The summed E-state index contributed by atoms with van der Waals surface area (Å²) in [5.74, 6) is -2.70. The third kappa shape index (κ3) is 2.41. The monoisotopic (exact) mass is 311 g/mol. The molecule has 0 N–H and O–H groups in total. The predicted molar refractivity (Wildman–Crippen MR) is 77.0 cm³/mol. The molecule has 112 valence electrons. The smallest absolute Gasteiger partial charge is 0.248 e. The van der Waals surface area contributed by atoms with Gasteiger partial charge in [-0.25, -0.2) is 18.7 Å². The third-order valence-corrected chi connectivity index (χ3v) is 4.77. The summed E-state index contributed by atoms with van der Waals surface area (Å²) in [6.07, 6.45) is 7.26. The fourth-order valence-electron chi connectivity index (χ4n) is 3.43. The minimum absolute atomic E-state index is 0.000502. The molecule has 0 bridgehead atoms. The highest BCUT2D eigenvalue weighted by atomic mass is 35.5. The van der Waals surface area contributed by atoms with Crippen molar-refractivity contribution in [1.29, 1.82) is 0 Å². The molecule has 2 aliphatic rings. The second-order valence-corrected chi connectivity index (χ2v) is 6.58. The van der Waals surface area contributed by atoms with Crippen LogP contribution in [0.1, 0.15) is 56.0 Å². The molecule has 0 radical (unpaired) electrons. The van der Waals surface area contributed by atoms with E-state index in [9.17, 15) is 8.78 Å². The van der Waals surface area contributed by atoms with Crippen LogP contribution in [0.25, 0.3) is 11.0 Å². The van der Waals surface area contributed by atoms with Gasteiger partial charge in [-0.3, -0.25) is 0 Å². The van der Waals surface area contributed by atoms with Crippen molar-refractivity contribution in [2.24, 2.45) is 0 Å². The summed E-state index contributed by atoms with van der Waals surface area (Å²) in [4.78, 5) is 8.37. The SMILES string of the molecule is FC1(F)CCCC(c2cn(C3CC3)c3cnc(Cl)nc23)C1. The molecule has 21 heavy (non-hydrogen) atoms. The lowest BCUT2D eigenvalue weighted by Gasteiger charge is -2.28. The Morgan fingerprint density at radius 2 is 2.10 bits per heavy atom. The van der Waals surface area contributed by atoms with Gasteiger partial charge in [0.05, 0.1) is 17.2 Å². The van der Waals surface area contributed by atoms with E-state index in [0.717, 1.165) is 35.9 Å².